The zero-order chi connectivity index (χ0) is 24.1. The van der Waals surface area contributed by atoms with Gasteiger partial charge < -0.3 is 0 Å². The maximum Gasteiger partial charge on any atom is 0.169 e. The van der Waals surface area contributed by atoms with E-state index in [0.29, 0.717) is 0 Å². The van der Waals surface area contributed by atoms with Crippen molar-refractivity contribution >= 4 is 5.57 Å². The number of hydrogen-bond donors (Lipinski definition) is 0. The normalized spacial score (nSPS) is 11.6. The first-order valence-electron chi connectivity index (χ1n) is 14.2. The highest BCUT2D eigenvalue weighted by Gasteiger charge is 2.07. The molecule has 2 rings (SSSR count). The molecule has 0 N–H and O–H groups in total. The molecule has 186 valence electrons. The molecule has 0 aliphatic rings. The van der Waals surface area contributed by atoms with Crippen LogP contribution in [0.25, 0.3) is 5.57 Å². The smallest absolute Gasteiger partial charge is 0.169 e. The summed E-state index contributed by atoms with van der Waals surface area (Å²) in [7, 11) is 0. The monoisotopic (exact) mass is 460 g/mol. The van der Waals surface area contributed by atoms with Gasteiger partial charge in [-0.1, -0.05) is 146 Å². The van der Waals surface area contributed by atoms with Crippen LogP contribution in [0.2, 0.25) is 0 Å². The molecule has 1 heteroatoms. The minimum Gasteiger partial charge on any atom is -0.205 e. The number of nitrogens with zero attached hydrogens (tertiary/aromatic N) is 1. The maximum atomic E-state index is 3.89. The van der Waals surface area contributed by atoms with E-state index in [-0.39, 0.29) is 0 Å². The summed E-state index contributed by atoms with van der Waals surface area (Å²) in [5, 5.41) is 0. The van der Waals surface area contributed by atoms with Gasteiger partial charge in [0.25, 0.3) is 0 Å². The van der Waals surface area contributed by atoms with Gasteiger partial charge in [0.2, 0.25) is 0 Å². The van der Waals surface area contributed by atoms with Crippen molar-refractivity contribution in [3.05, 3.63) is 84.7 Å². The first-order valence-corrected chi connectivity index (χ1v) is 14.2. The average molecular weight is 461 g/mol. The van der Waals surface area contributed by atoms with Crippen LogP contribution in [0, 0.1) is 0 Å². The lowest BCUT2D eigenvalue weighted by Gasteiger charge is -2.07. The van der Waals surface area contributed by atoms with Crippen molar-refractivity contribution in [1.82, 2.24) is 0 Å². The molecule has 2 aromatic rings. The summed E-state index contributed by atoms with van der Waals surface area (Å²) in [5.74, 6) is 0. The molecule has 1 heterocycles. The predicted molar refractivity (Wildman–Crippen MR) is 150 cm³/mol. The second-order valence-corrected chi connectivity index (χ2v) is 9.81. The Morgan fingerprint density at radius 2 is 1.06 bits per heavy atom. The first-order chi connectivity index (χ1) is 16.8. The Hall–Kier alpha value is -2.15. The van der Waals surface area contributed by atoms with E-state index in [1.165, 1.54) is 119 Å². The molecule has 0 aliphatic carbocycles. The first kappa shape index (κ1) is 28.1. The summed E-state index contributed by atoms with van der Waals surface area (Å²) >= 11 is 0. The van der Waals surface area contributed by atoms with Crippen molar-refractivity contribution in [2.75, 3.05) is 0 Å². The zero-order valence-electron chi connectivity index (χ0n) is 22.0. The largest absolute Gasteiger partial charge is 0.205 e. The van der Waals surface area contributed by atoms with E-state index < -0.39 is 0 Å². The lowest BCUT2D eigenvalue weighted by Crippen LogP contribution is -2.32. The fraction of sp³-hybridized carbons (Fsp3) is 0.545. The molecule has 0 spiro atoms. The van der Waals surface area contributed by atoms with E-state index in [1.807, 2.05) is 6.08 Å². The van der Waals surface area contributed by atoms with E-state index in [1.54, 1.807) is 0 Å². The van der Waals surface area contributed by atoms with Gasteiger partial charge in [0.1, 0.15) is 6.54 Å². The standard InChI is InChI=1S/C33H50N/c1-3-5-6-7-8-9-10-11-12-13-14-15-16-17-18-22-28-34-29-26-32(27-30-34)33(23-4-2)31-24-20-19-21-25-31/h4,19-21,23-27,29-30H,2-3,5-18,22,28H2,1H3/q+1. The van der Waals surface area contributed by atoms with Gasteiger partial charge in [-0.2, -0.15) is 0 Å². The summed E-state index contributed by atoms with van der Waals surface area (Å²) in [6.07, 6.45) is 31.1. The van der Waals surface area contributed by atoms with Gasteiger partial charge in [-0.15, -0.1) is 0 Å². The minimum absolute atomic E-state index is 1.12. The van der Waals surface area contributed by atoms with Crippen LogP contribution in [-0.2, 0) is 6.54 Å². The third-order valence-electron chi connectivity index (χ3n) is 6.84. The molecule has 0 unspecified atom stereocenters. The van der Waals surface area contributed by atoms with Crippen LogP contribution in [0.3, 0.4) is 0 Å². The molecule has 0 saturated carbocycles. The Morgan fingerprint density at radius 3 is 1.53 bits per heavy atom. The molecule has 0 fully saturated rings. The molecule has 1 aromatic heterocycles. The van der Waals surface area contributed by atoms with Gasteiger partial charge in [-0.25, -0.2) is 4.57 Å². The van der Waals surface area contributed by atoms with E-state index >= 15 is 0 Å². The van der Waals surface area contributed by atoms with Crippen LogP contribution < -0.4 is 4.57 Å². The van der Waals surface area contributed by atoms with E-state index in [0.717, 1.165) is 6.54 Å². The quantitative estimate of drug-likeness (QED) is 0.105. The fourth-order valence-electron chi connectivity index (χ4n) is 4.72. The predicted octanol–water partition coefficient (Wildman–Crippen LogP) is 9.85. The Bertz CT molecular complexity index is 772. The van der Waals surface area contributed by atoms with E-state index in [9.17, 15) is 0 Å². The Balaban J connectivity index is 1.49. The highest BCUT2D eigenvalue weighted by molar-refractivity contribution is 5.80. The van der Waals surface area contributed by atoms with Gasteiger partial charge in [0, 0.05) is 18.6 Å². The molecule has 1 nitrogen and oxygen atoms in total. The number of rotatable bonds is 20. The van der Waals surface area contributed by atoms with Crippen molar-refractivity contribution in [2.45, 2.75) is 116 Å². The van der Waals surface area contributed by atoms with Crippen molar-refractivity contribution in [2.24, 2.45) is 0 Å². The summed E-state index contributed by atoms with van der Waals surface area (Å²) in [6, 6.07) is 15.0. The topological polar surface area (TPSA) is 3.88 Å². The molecule has 0 bridgehead atoms. The number of aryl methyl sites for hydroxylation is 1. The zero-order valence-corrected chi connectivity index (χ0v) is 22.0. The van der Waals surface area contributed by atoms with Gasteiger partial charge in [0.05, 0.1) is 0 Å². The fourth-order valence-corrected chi connectivity index (χ4v) is 4.72. The number of pyridine rings is 1. The van der Waals surface area contributed by atoms with Gasteiger partial charge >= 0.3 is 0 Å². The maximum absolute atomic E-state index is 3.89. The third kappa shape index (κ3) is 12.4. The van der Waals surface area contributed by atoms with E-state index in [4.69, 9.17) is 0 Å². The number of benzene rings is 1. The highest BCUT2D eigenvalue weighted by atomic mass is 14.9. The number of allylic oxidation sites excluding steroid dienone is 2. The highest BCUT2D eigenvalue weighted by Crippen LogP contribution is 2.22. The minimum atomic E-state index is 1.12. The SMILES string of the molecule is C=CC=C(c1ccccc1)c1cc[n+](CCCCCCCCCCCCCCCCCC)cc1. The van der Waals surface area contributed by atoms with Crippen LogP contribution in [-0.4, -0.2) is 0 Å². The number of unbranched alkanes of at least 4 members (excludes halogenated alkanes) is 15. The molecule has 0 saturated heterocycles. The van der Waals surface area contributed by atoms with E-state index in [2.05, 4.69) is 79.0 Å². The molecule has 0 aliphatic heterocycles. The Morgan fingerprint density at radius 1 is 0.618 bits per heavy atom. The van der Waals surface area contributed by atoms with Crippen LogP contribution >= 0.6 is 0 Å². The Labute approximate surface area is 211 Å². The van der Waals surface area contributed by atoms with Gasteiger partial charge in [0.15, 0.2) is 12.4 Å². The van der Waals surface area contributed by atoms with Crippen molar-refractivity contribution in [1.29, 1.82) is 0 Å². The molecule has 34 heavy (non-hydrogen) atoms. The van der Waals surface area contributed by atoms with Crippen molar-refractivity contribution in [3.63, 3.8) is 0 Å². The van der Waals surface area contributed by atoms with Crippen molar-refractivity contribution < 1.29 is 4.57 Å². The molecule has 0 atom stereocenters. The average Bonchev–Trinajstić information content (AvgIpc) is 2.88. The van der Waals surface area contributed by atoms with Crippen LogP contribution in [0.1, 0.15) is 121 Å². The molecule has 0 amide bonds. The van der Waals surface area contributed by atoms with Crippen LogP contribution in [0.4, 0.5) is 0 Å². The van der Waals surface area contributed by atoms with Crippen molar-refractivity contribution in [3.8, 4) is 0 Å². The third-order valence-corrected chi connectivity index (χ3v) is 6.84. The summed E-state index contributed by atoms with van der Waals surface area (Å²) < 4.78 is 2.32. The number of aromatic nitrogens is 1. The Kier molecular flexibility index (Phi) is 15.9. The number of hydrogen-bond acceptors (Lipinski definition) is 0. The summed E-state index contributed by atoms with van der Waals surface area (Å²) in [4.78, 5) is 0. The molecular formula is C33H50N+. The lowest BCUT2D eigenvalue weighted by atomic mass is 9.98. The molecule has 0 radical (unpaired) electrons. The lowest BCUT2D eigenvalue weighted by molar-refractivity contribution is -0.697. The van der Waals surface area contributed by atoms with Crippen LogP contribution in [0.15, 0.2) is 73.6 Å². The summed E-state index contributed by atoms with van der Waals surface area (Å²) in [6.45, 7) is 7.31. The van der Waals surface area contributed by atoms with Gasteiger partial charge in [-0.3, -0.25) is 0 Å². The van der Waals surface area contributed by atoms with Gasteiger partial charge in [-0.05, 0) is 23.1 Å². The summed E-state index contributed by atoms with van der Waals surface area (Å²) in [5.41, 5.74) is 3.71. The second kappa shape index (κ2) is 19.2. The molecule has 1 aromatic carbocycles. The second-order valence-electron chi connectivity index (χ2n) is 9.81. The van der Waals surface area contributed by atoms with Crippen LogP contribution in [0.5, 0.6) is 0 Å². The molecular weight excluding hydrogens is 410 g/mol.